The zero-order valence-electron chi connectivity index (χ0n) is 76.9. The number of hydrogen-bond acceptors (Lipinski definition) is 4. The van der Waals surface area contributed by atoms with Crippen LogP contribution < -0.4 is 26.5 Å². The molecular weight excluding hydrogens is 1560 g/mol. The normalized spacial score (nSPS) is 12.0. The first-order valence-electron chi connectivity index (χ1n) is 44.1. The minimum absolute atomic E-state index is 0.0761. The van der Waals surface area contributed by atoms with E-state index in [2.05, 4.69) is 408 Å². The van der Waals surface area contributed by atoms with Crippen molar-refractivity contribution in [2.45, 2.75) is 157 Å². The lowest BCUT2D eigenvalue weighted by Gasteiger charge is -2.32. The smallest absolute Gasteiger partial charge is 0.171 e. The second-order valence-corrected chi connectivity index (χ2v) is 45.3. The Balaban J connectivity index is 0.000000131. The van der Waals surface area contributed by atoms with Gasteiger partial charge in [-0.05, 0) is 168 Å². The molecule has 6 heteroatoms. The van der Waals surface area contributed by atoms with Gasteiger partial charge in [0.05, 0.1) is 11.2 Å². The van der Waals surface area contributed by atoms with E-state index in [1.807, 2.05) is 140 Å². The summed E-state index contributed by atoms with van der Waals surface area (Å²) < 4.78 is 29.1. The first-order valence-corrected chi connectivity index (χ1v) is 47.5. The Kier molecular flexibility index (Phi) is 28.3. The molecule has 18 rings (SSSR count). The molecule has 0 aliphatic heterocycles. The van der Waals surface area contributed by atoms with E-state index in [9.17, 15) is 9.13 Å². The second kappa shape index (κ2) is 39.0. The summed E-state index contributed by atoms with van der Waals surface area (Å²) in [6.45, 7) is 39.8. The maximum Gasteiger partial charge on any atom is 0.171 e. The lowest BCUT2D eigenvalue weighted by molar-refractivity contribution is 0.564. The molecule has 2 heterocycles. The number of fused-ring (bicyclic) bond motifs is 5. The fourth-order valence-electron chi connectivity index (χ4n) is 15.8. The van der Waals surface area contributed by atoms with Crippen LogP contribution in [0.4, 0.5) is 0 Å². The van der Waals surface area contributed by atoms with Gasteiger partial charge in [-0.1, -0.05) is 483 Å². The molecule has 0 radical (unpaired) electrons. The lowest BCUT2D eigenvalue weighted by atomic mass is 9.83. The Morgan fingerprint density at radius 3 is 0.952 bits per heavy atom. The van der Waals surface area contributed by atoms with Crippen molar-refractivity contribution in [1.29, 1.82) is 0 Å². The molecule has 0 saturated heterocycles. The summed E-state index contributed by atoms with van der Waals surface area (Å²) in [4.78, 5) is 8.87. The van der Waals surface area contributed by atoms with E-state index in [4.69, 9.17) is 0 Å². The van der Waals surface area contributed by atoms with E-state index < -0.39 is 14.3 Å². The number of nitrogens with zero attached hydrogens (tertiary/aromatic N) is 2. The monoisotopic (exact) mass is 1680 g/mol. The average Bonchev–Trinajstić information content (AvgIpc) is 0.743. The maximum atomic E-state index is 14.5. The number of rotatable bonds is 9. The Bertz CT molecular complexity index is 6590. The van der Waals surface area contributed by atoms with Crippen LogP contribution in [0.15, 0.2) is 413 Å². The highest BCUT2D eigenvalue weighted by molar-refractivity contribution is 7.85. The molecule has 0 spiro atoms. The van der Waals surface area contributed by atoms with Gasteiger partial charge in [-0.25, -0.2) is 0 Å². The minimum Gasteiger partial charge on any atom is -0.313 e. The molecule has 126 heavy (non-hydrogen) atoms. The van der Waals surface area contributed by atoms with Crippen molar-refractivity contribution in [2.75, 3.05) is 0 Å². The van der Waals surface area contributed by atoms with E-state index >= 15 is 0 Å². The fraction of sp³-hybridized carbons (Fsp3) is 0.200. The zero-order valence-corrected chi connectivity index (χ0v) is 78.7. The number of aromatic nitrogens is 2. The molecular formula is C120H122N2O2P2. The van der Waals surface area contributed by atoms with Crippen molar-refractivity contribution in [3.05, 3.63) is 441 Å². The highest BCUT2D eigenvalue weighted by Gasteiger charge is 2.40. The SMILES string of the molecule is CC(C)(C)P(=O)(c1ccc2ccccc2c1)c1ccc2ccccc2c1.CC(C)(C)c1cc(-c2ccccc2)cc(-c2ccccc2)c1.CC(C)(C)c1ccc(-c2cccc3cccnc23)cc1.CC(C)(C)c1ccc(-c2ccccn2)cc1.CC(C)(C)c1ccc2ccc(P(=O)(c3ccccc3)c3ccccc3)cc2c1.CC(C)(C)c1ccc2ccccc2c1. The predicted octanol–water partition coefficient (Wildman–Crippen LogP) is 31.6. The van der Waals surface area contributed by atoms with Gasteiger partial charge in [0, 0.05) is 60.6 Å². The highest BCUT2D eigenvalue weighted by Crippen LogP contribution is 2.56. The fourth-order valence-corrected chi connectivity index (χ4v) is 21.5. The molecule has 0 fully saturated rings. The van der Waals surface area contributed by atoms with Crippen molar-refractivity contribution >= 4 is 94.8 Å². The maximum absolute atomic E-state index is 14.5. The summed E-state index contributed by atoms with van der Waals surface area (Å²) >= 11 is 0. The van der Waals surface area contributed by atoms with Crippen molar-refractivity contribution in [3.8, 4) is 44.6 Å². The molecule has 634 valence electrons. The van der Waals surface area contributed by atoms with Gasteiger partial charge in [-0.2, -0.15) is 0 Å². The molecule has 0 saturated carbocycles. The summed E-state index contributed by atoms with van der Waals surface area (Å²) in [5.74, 6) is 0. The van der Waals surface area contributed by atoms with Crippen LogP contribution >= 0.6 is 14.3 Å². The van der Waals surface area contributed by atoms with E-state index in [1.165, 1.54) is 99.1 Å². The number of hydrogen-bond donors (Lipinski definition) is 0. The van der Waals surface area contributed by atoms with Crippen LogP contribution in [0, 0.1) is 0 Å². The van der Waals surface area contributed by atoms with Gasteiger partial charge in [0.2, 0.25) is 0 Å². The summed E-state index contributed by atoms with van der Waals surface area (Å²) in [5.41, 5.74) is 18.4. The number of pyridine rings is 2. The van der Waals surface area contributed by atoms with Gasteiger partial charge >= 0.3 is 0 Å². The Morgan fingerprint density at radius 1 is 0.198 bits per heavy atom. The Hall–Kier alpha value is -12.4. The van der Waals surface area contributed by atoms with E-state index in [0.717, 1.165) is 53.9 Å². The summed E-state index contributed by atoms with van der Waals surface area (Å²) in [6.07, 6.45) is 3.68. The largest absolute Gasteiger partial charge is 0.313 e. The van der Waals surface area contributed by atoms with Gasteiger partial charge in [0.25, 0.3) is 0 Å². The van der Waals surface area contributed by atoms with Gasteiger partial charge in [0.1, 0.15) is 7.14 Å². The summed E-state index contributed by atoms with van der Waals surface area (Å²) in [5, 5.41) is 14.9. The topological polar surface area (TPSA) is 59.9 Å². The molecule has 0 atom stereocenters. The molecule has 0 unspecified atom stereocenters. The molecule has 16 aromatic carbocycles. The van der Waals surface area contributed by atoms with E-state index in [0.29, 0.717) is 0 Å². The predicted molar refractivity (Wildman–Crippen MR) is 549 cm³/mol. The molecule has 0 aliphatic carbocycles. The van der Waals surface area contributed by atoms with E-state index in [-0.39, 0.29) is 32.2 Å². The third kappa shape index (κ3) is 22.3. The standard InChI is InChI=1S/C26H25OP.C24H23OP.C22H22.C19H19N.C15H17N.C14H16/c1-26(2,3)22-16-14-20-15-17-25(19-21(20)18-22)28(27,23-10-6-4-7-11-23)24-12-8-5-9-13-24;1-24(2,3)26(25,22-14-12-18-8-4-6-10-20(18)16-22)23-15-13-19-9-5-7-11-21(19)17-23;1-22(2,3)21-15-19(17-10-6-4-7-11-17)14-20(16-21)18-12-8-5-9-13-18;1-19(2,3)16-11-9-14(10-12-16)17-8-4-6-15-7-5-13-20-18(15)17;1-15(2,3)13-9-7-12(8-10-13)14-6-4-5-11-16-14;1-14(2,3)13-9-8-11-6-4-5-7-12(11)10-13/h4-19H,1-3H3;4-17H,1-3H3;4-16H,1-3H3;4-13H,1-3H3;4-11H,1-3H3;4-10H,1-3H3. The Morgan fingerprint density at radius 2 is 0.532 bits per heavy atom. The van der Waals surface area contributed by atoms with Gasteiger partial charge < -0.3 is 9.13 Å². The molecule has 0 bridgehead atoms. The van der Waals surface area contributed by atoms with Crippen molar-refractivity contribution in [3.63, 3.8) is 0 Å². The van der Waals surface area contributed by atoms with Gasteiger partial charge in [0.15, 0.2) is 7.14 Å². The molecule has 0 N–H and O–H groups in total. The molecule has 0 amide bonds. The average molecular weight is 1690 g/mol. The third-order valence-corrected chi connectivity index (χ3v) is 30.4. The molecule has 0 aliphatic rings. The quantitative estimate of drug-likeness (QED) is 0.135. The van der Waals surface area contributed by atoms with Crippen LogP contribution in [0.25, 0.3) is 98.6 Å². The lowest BCUT2D eigenvalue weighted by Crippen LogP contribution is -2.30. The van der Waals surface area contributed by atoms with Crippen molar-refractivity contribution in [1.82, 2.24) is 9.97 Å². The Labute approximate surface area is 750 Å². The van der Waals surface area contributed by atoms with E-state index in [1.54, 1.807) is 0 Å². The molecule has 18 aromatic rings. The second-order valence-electron chi connectivity index (χ2n) is 39.0. The first kappa shape index (κ1) is 91.3. The van der Waals surface area contributed by atoms with Crippen LogP contribution in [0.5, 0.6) is 0 Å². The van der Waals surface area contributed by atoms with Crippen molar-refractivity contribution in [2.24, 2.45) is 0 Å². The number of benzene rings is 16. The van der Waals surface area contributed by atoms with Crippen LogP contribution in [0.3, 0.4) is 0 Å². The third-order valence-electron chi connectivity index (χ3n) is 23.5. The van der Waals surface area contributed by atoms with Crippen LogP contribution in [-0.2, 0) is 36.2 Å². The summed E-state index contributed by atoms with van der Waals surface area (Å²) in [6, 6.07) is 139. The van der Waals surface area contributed by atoms with Crippen LogP contribution in [0.1, 0.15) is 152 Å². The van der Waals surface area contributed by atoms with Gasteiger partial charge in [-0.15, -0.1) is 0 Å². The summed E-state index contributed by atoms with van der Waals surface area (Å²) in [7, 11) is -5.75. The minimum atomic E-state index is -2.94. The van der Waals surface area contributed by atoms with Gasteiger partial charge in [-0.3, -0.25) is 9.97 Å². The molecule has 2 aromatic heterocycles. The van der Waals surface area contributed by atoms with Crippen LogP contribution in [-0.4, -0.2) is 15.1 Å². The number of para-hydroxylation sites is 1. The molecule has 4 nitrogen and oxygen atoms in total. The first-order chi connectivity index (χ1) is 60.0. The highest BCUT2D eigenvalue weighted by atomic mass is 31.2. The zero-order chi connectivity index (χ0) is 89.7. The van der Waals surface area contributed by atoms with Crippen LogP contribution in [0.2, 0.25) is 0 Å². The van der Waals surface area contributed by atoms with Crippen molar-refractivity contribution < 1.29 is 9.13 Å².